The van der Waals surface area contributed by atoms with Gasteiger partial charge in [0.1, 0.15) is 0 Å². The lowest BCUT2D eigenvalue weighted by Crippen LogP contribution is -2.53. The molecule has 1 saturated carbocycles. The fraction of sp³-hybridized carbons (Fsp3) is 0.900. The topological polar surface area (TPSA) is 63.2 Å². The molecule has 0 radical (unpaired) electrons. The van der Waals surface area contributed by atoms with Crippen molar-refractivity contribution in [3.05, 3.63) is 0 Å². The molecule has 0 aromatic rings. The summed E-state index contributed by atoms with van der Waals surface area (Å²) in [6.45, 7) is 6.49. The number of amides is 1. The van der Waals surface area contributed by atoms with Gasteiger partial charge in [-0.05, 0) is 25.7 Å². The summed E-state index contributed by atoms with van der Waals surface area (Å²) in [6, 6.07) is 0.274. The van der Waals surface area contributed by atoms with E-state index < -0.39 is 6.43 Å². The third kappa shape index (κ3) is 7.74. The van der Waals surface area contributed by atoms with Crippen LogP contribution < -0.4 is 10.6 Å². The van der Waals surface area contributed by atoms with Crippen molar-refractivity contribution in [3.63, 3.8) is 0 Å². The van der Waals surface area contributed by atoms with Crippen molar-refractivity contribution in [2.45, 2.75) is 44.6 Å². The molecule has 2 heterocycles. The highest BCUT2D eigenvalue weighted by atomic mass is 127. The standard InChI is InChI=1S/C20H36F2N6O.HI/c1-23-20(25-17-5-8-27(9-6-17)15-18(21)22)24-7-10-26-11-13-28(14-12-26)19(29)16-3-2-4-16;/h16-18H,2-15H2,1H3,(H2,23,24,25);1H. The van der Waals surface area contributed by atoms with Crippen molar-refractivity contribution >= 4 is 35.8 Å². The Morgan fingerprint density at radius 1 is 1.03 bits per heavy atom. The van der Waals surface area contributed by atoms with Crippen LogP contribution in [0.3, 0.4) is 0 Å². The van der Waals surface area contributed by atoms with Crippen LogP contribution in [0.15, 0.2) is 4.99 Å². The molecule has 3 fully saturated rings. The highest BCUT2D eigenvalue weighted by Gasteiger charge is 2.31. The van der Waals surface area contributed by atoms with Crippen LogP contribution in [0, 0.1) is 5.92 Å². The zero-order valence-corrected chi connectivity index (χ0v) is 20.3. The second-order valence-electron chi connectivity index (χ2n) is 8.40. The number of nitrogens with one attached hydrogen (secondary N) is 2. The minimum Gasteiger partial charge on any atom is -0.355 e. The number of rotatable bonds is 7. The summed E-state index contributed by atoms with van der Waals surface area (Å²) < 4.78 is 25.0. The van der Waals surface area contributed by atoms with Crippen LogP contribution in [0.4, 0.5) is 8.78 Å². The van der Waals surface area contributed by atoms with Crippen molar-refractivity contribution in [2.75, 3.05) is 66.0 Å². The molecule has 0 spiro atoms. The number of piperidine rings is 1. The van der Waals surface area contributed by atoms with Crippen LogP contribution in [0.25, 0.3) is 0 Å². The third-order valence-corrected chi connectivity index (χ3v) is 6.41. The van der Waals surface area contributed by atoms with Gasteiger partial charge in [0.25, 0.3) is 6.43 Å². The van der Waals surface area contributed by atoms with E-state index in [0.29, 0.717) is 24.9 Å². The first-order valence-electron chi connectivity index (χ1n) is 11.0. The van der Waals surface area contributed by atoms with E-state index in [1.807, 2.05) is 9.80 Å². The van der Waals surface area contributed by atoms with E-state index in [-0.39, 0.29) is 36.6 Å². The van der Waals surface area contributed by atoms with E-state index in [2.05, 4.69) is 20.5 Å². The maximum atomic E-state index is 12.5. The number of hydrogen-bond donors (Lipinski definition) is 2. The van der Waals surface area contributed by atoms with Gasteiger partial charge in [-0.25, -0.2) is 8.78 Å². The molecule has 7 nitrogen and oxygen atoms in total. The lowest BCUT2D eigenvalue weighted by molar-refractivity contribution is -0.139. The molecule has 1 aliphatic carbocycles. The zero-order valence-electron chi connectivity index (χ0n) is 18.0. The molecular weight excluding hydrogens is 505 g/mol. The summed E-state index contributed by atoms with van der Waals surface area (Å²) in [6.07, 6.45) is 2.79. The van der Waals surface area contributed by atoms with Crippen molar-refractivity contribution in [1.29, 1.82) is 0 Å². The Morgan fingerprint density at radius 2 is 1.70 bits per heavy atom. The number of hydrogen-bond acceptors (Lipinski definition) is 4. The molecule has 174 valence electrons. The Balaban J connectivity index is 0.00000320. The van der Waals surface area contributed by atoms with Crippen molar-refractivity contribution in [1.82, 2.24) is 25.3 Å². The first-order valence-corrected chi connectivity index (χ1v) is 11.0. The van der Waals surface area contributed by atoms with Crippen molar-refractivity contribution in [3.8, 4) is 0 Å². The van der Waals surface area contributed by atoms with E-state index in [1.54, 1.807) is 7.05 Å². The fourth-order valence-corrected chi connectivity index (χ4v) is 4.28. The van der Waals surface area contributed by atoms with E-state index >= 15 is 0 Å². The molecule has 2 aliphatic heterocycles. The maximum Gasteiger partial charge on any atom is 0.251 e. The van der Waals surface area contributed by atoms with Gasteiger partial charge in [-0.1, -0.05) is 6.42 Å². The maximum absolute atomic E-state index is 12.5. The summed E-state index contributed by atoms with van der Waals surface area (Å²) in [5.74, 6) is 1.43. The Labute approximate surface area is 196 Å². The van der Waals surface area contributed by atoms with Gasteiger partial charge in [0, 0.05) is 71.4 Å². The van der Waals surface area contributed by atoms with Gasteiger partial charge in [0.15, 0.2) is 5.96 Å². The quantitative estimate of drug-likeness (QED) is 0.290. The monoisotopic (exact) mass is 542 g/mol. The number of nitrogens with zero attached hydrogens (tertiary/aromatic N) is 4. The number of carbonyl (C=O) groups excluding carboxylic acids is 1. The summed E-state index contributed by atoms with van der Waals surface area (Å²) in [7, 11) is 1.76. The van der Waals surface area contributed by atoms with Gasteiger partial charge in [0.2, 0.25) is 5.91 Å². The number of aliphatic imine (C=N–C) groups is 1. The Morgan fingerprint density at radius 3 is 2.23 bits per heavy atom. The molecule has 0 aromatic heterocycles. The van der Waals surface area contributed by atoms with Crippen LogP contribution >= 0.6 is 24.0 Å². The first-order chi connectivity index (χ1) is 14.0. The number of piperazine rings is 1. The summed E-state index contributed by atoms with van der Waals surface area (Å²) in [5.41, 5.74) is 0. The average Bonchev–Trinajstić information content (AvgIpc) is 2.67. The van der Waals surface area contributed by atoms with Crippen LogP contribution in [-0.4, -0.2) is 105 Å². The molecule has 3 rings (SSSR count). The predicted octanol–water partition coefficient (Wildman–Crippen LogP) is 1.44. The van der Waals surface area contributed by atoms with Crippen LogP contribution in [0.2, 0.25) is 0 Å². The smallest absolute Gasteiger partial charge is 0.251 e. The van der Waals surface area contributed by atoms with Gasteiger partial charge in [-0.2, -0.15) is 0 Å². The minimum absolute atomic E-state index is 0. The molecule has 1 amide bonds. The SMILES string of the molecule is CN=C(NCCN1CCN(C(=O)C2CCC2)CC1)NC1CCN(CC(F)F)CC1.I. The number of halogens is 3. The largest absolute Gasteiger partial charge is 0.355 e. The van der Waals surface area contributed by atoms with Crippen LogP contribution in [-0.2, 0) is 4.79 Å². The average molecular weight is 542 g/mol. The van der Waals surface area contributed by atoms with Gasteiger partial charge in [-0.3, -0.25) is 19.6 Å². The number of alkyl halides is 2. The van der Waals surface area contributed by atoms with Crippen LogP contribution in [0.1, 0.15) is 32.1 Å². The first kappa shape index (κ1) is 25.5. The van der Waals surface area contributed by atoms with Crippen molar-refractivity contribution < 1.29 is 13.6 Å². The van der Waals surface area contributed by atoms with E-state index in [4.69, 9.17) is 0 Å². The highest BCUT2D eigenvalue weighted by molar-refractivity contribution is 14.0. The molecule has 0 aromatic carbocycles. The number of carbonyl (C=O) groups is 1. The summed E-state index contributed by atoms with van der Waals surface area (Å²) >= 11 is 0. The Kier molecular flexibility index (Phi) is 11.0. The normalized spacial score (nSPS) is 22.5. The zero-order chi connectivity index (χ0) is 20.6. The van der Waals surface area contributed by atoms with Gasteiger partial charge in [-0.15, -0.1) is 24.0 Å². The summed E-state index contributed by atoms with van der Waals surface area (Å²) in [5, 5.41) is 6.78. The van der Waals surface area contributed by atoms with E-state index in [9.17, 15) is 13.6 Å². The second-order valence-corrected chi connectivity index (χ2v) is 8.40. The lowest BCUT2D eigenvalue weighted by atomic mass is 9.84. The van der Waals surface area contributed by atoms with Crippen molar-refractivity contribution in [2.24, 2.45) is 10.9 Å². The summed E-state index contributed by atoms with van der Waals surface area (Å²) in [4.78, 5) is 22.9. The molecule has 0 unspecified atom stereocenters. The molecule has 30 heavy (non-hydrogen) atoms. The van der Waals surface area contributed by atoms with Gasteiger partial charge >= 0.3 is 0 Å². The fourth-order valence-electron chi connectivity index (χ4n) is 4.28. The molecule has 0 atom stereocenters. The third-order valence-electron chi connectivity index (χ3n) is 6.41. The lowest BCUT2D eigenvalue weighted by Gasteiger charge is -2.38. The van der Waals surface area contributed by atoms with Crippen LogP contribution in [0.5, 0.6) is 0 Å². The molecular formula is C20H37F2IN6O. The molecule has 0 bridgehead atoms. The minimum atomic E-state index is -2.26. The second kappa shape index (κ2) is 12.9. The number of likely N-dealkylation sites (tertiary alicyclic amines) is 1. The predicted molar refractivity (Wildman–Crippen MR) is 126 cm³/mol. The molecule has 10 heteroatoms. The molecule has 3 aliphatic rings. The highest BCUT2D eigenvalue weighted by Crippen LogP contribution is 2.28. The Hall–Kier alpha value is -0.750. The Bertz CT molecular complexity index is 547. The van der Waals surface area contributed by atoms with E-state index in [0.717, 1.165) is 70.9 Å². The molecule has 2 N–H and O–H groups in total. The molecule has 2 saturated heterocycles. The van der Waals surface area contributed by atoms with E-state index in [1.165, 1.54) is 6.42 Å². The number of guanidine groups is 1. The van der Waals surface area contributed by atoms with Gasteiger partial charge in [0.05, 0.1) is 6.54 Å². The van der Waals surface area contributed by atoms with Gasteiger partial charge < -0.3 is 15.5 Å².